The molecule has 0 aromatic carbocycles. The summed E-state index contributed by atoms with van der Waals surface area (Å²) < 4.78 is 9.93. The van der Waals surface area contributed by atoms with Gasteiger partial charge in [0.15, 0.2) is 0 Å². The summed E-state index contributed by atoms with van der Waals surface area (Å²) in [5.74, 6) is 0. The van der Waals surface area contributed by atoms with Crippen LogP contribution in [0.2, 0.25) is 0 Å². The van der Waals surface area contributed by atoms with E-state index in [2.05, 4.69) is 0 Å². The Morgan fingerprint density at radius 1 is 1.19 bits per heavy atom. The summed E-state index contributed by atoms with van der Waals surface area (Å²) in [6, 6.07) is 0. The monoisotopic (exact) mass is 232 g/mol. The third kappa shape index (κ3) is 6.67. The molecule has 0 heterocycles. The average Bonchev–Trinajstić information content (AvgIpc) is 2.23. The van der Waals surface area contributed by atoms with Crippen molar-refractivity contribution in [1.82, 2.24) is 0 Å². The van der Waals surface area contributed by atoms with Crippen LogP contribution >= 0.6 is 0 Å². The van der Waals surface area contributed by atoms with E-state index in [0.717, 1.165) is 12.8 Å². The highest BCUT2D eigenvalue weighted by Crippen LogP contribution is 2.21. The summed E-state index contributed by atoms with van der Waals surface area (Å²) in [5.41, 5.74) is 0. The molecule has 1 saturated carbocycles. The molecule has 0 atom stereocenters. The van der Waals surface area contributed by atoms with E-state index in [1.165, 1.54) is 0 Å². The highest BCUT2D eigenvalue weighted by molar-refractivity contribution is 5.60. The molecule has 1 fully saturated rings. The van der Waals surface area contributed by atoms with Gasteiger partial charge in [-0.2, -0.15) is 0 Å². The summed E-state index contributed by atoms with van der Waals surface area (Å²) in [4.78, 5) is 11.1. The van der Waals surface area contributed by atoms with Gasteiger partial charge in [-0.3, -0.25) is 0 Å². The van der Waals surface area contributed by atoms with E-state index in [9.17, 15) is 9.90 Å². The quantitative estimate of drug-likeness (QED) is 0.744. The predicted molar refractivity (Wildman–Crippen MR) is 62.3 cm³/mol. The van der Waals surface area contributed by atoms with Crippen molar-refractivity contribution in [2.24, 2.45) is 0 Å². The van der Waals surface area contributed by atoms with E-state index >= 15 is 0 Å². The first-order chi connectivity index (χ1) is 7.58. The predicted octanol–water partition coefficient (Wildman–Crippen LogP) is 2.88. The molecule has 0 aromatic rings. The van der Waals surface area contributed by atoms with Gasteiger partial charge in [0.25, 0.3) is 0 Å². The average molecular weight is 232 g/mol. The Balaban J connectivity index is 0.00000106. The second kappa shape index (κ2) is 8.39. The Hall–Kier alpha value is -0.770. The van der Waals surface area contributed by atoms with Crippen LogP contribution < -0.4 is 0 Å². The molecule has 0 amide bonds. The van der Waals surface area contributed by atoms with Crippen LogP contribution in [0, 0.1) is 0 Å². The highest BCUT2D eigenvalue weighted by Gasteiger charge is 2.23. The van der Waals surface area contributed by atoms with E-state index in [-0.39, 0.29) is 18.3 Å². The molecule has 0 radical (unpaired) electrons. The fourth-order valence-electron chi connectivity index (χ4n) is 1.52. The van der Waals surface area contributed by atoms with Gasteiger partial charge in [-0.1, -0.05) is 13.8 Å². The lowest BCUT2D eigenvalue weighted by molar-refractivity contribution is -0.0176. The lowest BCUT2D eigenvalue weighted by Crippen LogP contribution is -2.27. The fourth-order valence-corrected chi connectivity index (χ4v) is 1.52. The van der Waals surface area contributed by atoms with Crippen molar-refractivity contribution in [2.45, 2.75) is 71.7 Å². The van der Waals surface area contributed by atoms with Crippen LogP contribution in [-0.4, -0.2) is 29.6 Å². The first-order valence-corrected chi connectivity index (χ1v) is 6.13. The minimum Gasteiger partial charge on any atom is -0.432 e. The van der Waals surface area contributed by atoms with Crippen molar-refractivity contribution < 1.29 is 19.4 Å². The number of hydrogen-bond acceptors (Lipinski definition) is 4. The van der Waals surface area contributed by atoms with Crippen molar-refractivity contribution in [1.29, 1.82) is 0 Å². The molecule has 0 saturated heterocycles. The maximum Gasteiger partial charge on any atom is 0.508 e. The van der Waals surface area contributed by atoms with E-state index in [1.807, 2.05) is 13.8 Å². The summed E-state index contributed by atoms with van der Waals surface area (Å²) in [6.07, 6.45) is 1.83. The van der Waals surface area contributed by atoms with Crippen LogP contribution in [0.5, 0.6) is 0 Å². The van der Waals surface area contributed by atoms with Crippen molar-refractivity contribution in [3.05, 3.63) is 0 Å². The molecule has 0 bridgehead atoms. The van der Waals surface area contributed by atoms with E-state index in [4.69, 9.17) is 9.47 Å². The van der Waals surface area contributed by atoms with Crippen molar-refractivity contribution in [3.8, 4) is 0 Å². The molecule has 96 valence electrons. The first-order valence-electron chi connectivity index (χ1n) is 6.13. The lowest BCUT2D eigenvalue weighted by atomic mass is 9.95. The molecule has 1 N–H and O–H groups in total. The number of hydrogen-bond donors (Lipinski definition) is 1. The van der Waals surface area contributed by atoms with E-state index in [1.54, 1.807) is 13.8 Å². The normalized spacial score (nSPS) is 24.4. The third-order valence-corrected chi connectivity index (χ3v) is 2.24. The standard InChI is InChI=1S/C10H18O4.C2H6/c1-7(2)13-10(12)14-9-5-3-8(11)4-6-9;1-2/h7-9,11H,3-6H2,1-2H3;1-2H3. The number of aliphatic hydroxyl groups is 1. The summed E-state index contributed by atoms with van der Waals surface area (Å²) in [7, 11) is 0. The fraction of sp³-hybridized carbons (Fsp3) is 0.917. The third-order valence-electron chi connectivity index (χ3n) is 2.24. The van der Waals surface area contributed by atoms with Crippen LogP contribution in [0.15, 0.2) is 0 Å². The van der Waals surface area contributed by atoms with Crippen molar-refractivity contribution in [2.75, 3.05) is 0 Å². The lowest BCUT2D eigenvalue weighted by Gasteiger charge is -2.25. The van der Waals surface area contributed by atoms with Crippen LogP contribution in [0.25, 0.3) is 0 Å². The Morgan fingerprint density at radius 3 is 2.12 bits per heavy atom. The summed E-state index contributed by atoms with van der Waals surface area (Å²) in [5, 5.41) is 9.23. The van der Waals surface area contributed by atoms with Gasteiger partial charge >= 0.3 is 6.16 Å². The molecule has 16 heavy (non-hydrogen) atoms. The maximum absolute atomic E-state index is 11.1. The van der Waals surface area contributed by atoms with Crippen molar-refractivity contribution >= 4 is 6.16 Å². The highest BCUT2D eigenvalue weighted by atomic mass is 16.7. The summed E-state index contributed by atoms with van der Waals surface area (Å²) >= 11 is 0. The van der Waals surface area contributed by atoms with Gasteiger partial charge < -0.3 is 14.6 Å². The Kier molecular flexibility index (Phi) is 7.99. The van der Waals surface area contributed by atoms with Gasteiger partial charge in [-0.25, -0.2) is 4.79 Å². The van der Waals surface area contributed by atoms with Gasteiger partial charge in [0.05, 0.1) is 12.2 Å². The molecule has 0 aromatic heterocycles. The zero-order valence-corrected chi connectivity index (χ0v) is 10.7. The second-order valence-electron chi connectivity index (χ2n) is 3.96. The van der Waals surface area contributed by atoms with Gasteiger partial charge in [0.1, 0.15) is 6.10 Å². The molecule has 1 aliphatic carbocycles. The van der Waals surface area contributed by atoms with Gasteiger partial charge in [-0.15, -0.1) is 0 Å². The Morgan fingerprint density at radius 2 is 1.69 bits per heavy atom. The van der Waals surface area contributed by atoms with Crippen LogP contribution in [0.4, 0.5) is 4.79 Å². The molecule has 0 unspecified atom stereocenters. The largest absolute Gasteiger partial charge is 0.508 e. The van der Waals surface area contributed by atoms with Crippen molar-refractivity contribution in [3.63, 3.8) is 0 Å². The molecule has 4 nitrogen and oxygen atoms in total. The summed E-state index contributed by atoms with van der Waals surface area (Å²) in [6.45, 7) is 7.57. The molecule has 0 spiro atoms. The first kappa shape index (κ1) is 15.2. The number of ether oxygens (including phenoxy) is 2. The molecule has 4 heteroatoms. The number of carbonyl (C=O) groups excluding carboxylic acids is 1. The molecular weight excluding hydrogens is 208 g/mol. The van der Waals surface area contributed by atoms with Crippen LogP contribution in [0.3, 0.4) is 0 Å². The smallest absolute Gasteiger partial charge is 0.432 e. The molecule has 0 aliphatic heterocycles. The molecular formula is C12H24O4. The van der Waals surface area contributed by atoms with Crippen LogP contribution in [0.1, 0.15) is 53.4 Å². The van der Waals surface area contributed by atoms with E-state index in [0.29, 0.717) is 12.8 Å². The zero-order chi connectivity index (χ0) is 12.6. The maximum atomic E-state index is 11.1. The van der Waals surface area contributed by atoms with Gasteiger partial charge in [0, 0.05) is 0 Å². The molecule has 1 rings (SSSR count). The van der Waals surface area contributed by atoms with E-state index < -0.39 is 6.16 Å². The minimum atomic E-state index is -0.596. The van der Waals surface area contributed by atoms with Crippen LogP contribution in [-0.2, 0) is 9.47 Å². The zero-order valence-electron chi connectivity index (χ0n) is 10.7. The molecule has 1 aliphatic rings. The Labute approximate surface area is 97.9 Å². The Bertz CT molecular complexity index is 183. The minimum absolute atomic E-state index is 0.0790. The SMILES string of the molecule is CC.CC(C)OC(=O)OC1CCC(O)CC1. The second-order valence-corrected chi connectivity index (χ2v) is 3.96. The number of carbonyl (C=O) groups is 1. The van der Waals surface area contributed by atoms with Gasteiger partial charge in [0.2, 0.25) is 0 Å². The number of rotatable bonds is 2. The topological polar surface area (TPSA) is 55.8 Å². The van der Waals surface area contributed by atoms with Gasteiger partial charge in [-0.05, 0) is 39.5 Å². The number of aliphatic hydroxyl groups excluding tert-OH is 1.